The SMILES string of the molecule is Cn1nc(OCc2ccccc2)cc1-c1cc2c(n3cnnc13)N(C(=O)OC(C)(C)C)Cc1c(F)ccc3c1[C@H](CO3)CO2. The third-order valence-electron chi connectivity index (χ3n) is 7.61. The Morgan fingerprint density at radius 2 is 1.84 bits per heavy atom. The summed E-state index contributed by atoms with van der Waals surface area (Å²) in [6.45, 7) is 6.11. The topological polar surface area (TPSA) is 105 Å². The summed E-state index contributed by atoms with van der Waals surface area (Å²) in [4.78, 5) is 15.2. The summed E-state index contributed by atoms with van der Waals surface area (Å²) in [6.07, 6.45) is 0.830. The van der Waals surface area contributed by atoms with Crippen LogP contribution in [-0.4, -0.2) is 49.3 Å². The lowest BCUT2D eigenvalue weighted by molar-refractivity contribution is 0.0574. The zero-order chi connectivity index (χ0) is 30.6. The first-order valence-corrected chi connectivity index (χ1v) is 14.3. The Balaban J connectivity index is 1.35. The van der Waals surface area contributed by atoms with Gasteiger partial charge in [0.2, 0.25) is 5.88 Å². The van der Waals surface area contributed by atoms with Gasteiger partial charge in [-0.2, -0.15) is 0 Å². The lowest BCUT2D eigenvalue weighted by Crippen LogP contribution is -2.38. The fourth-order valence-electron chi connectivity index (χ4n) is 5.65. The average Bonchev–Trinajstić information content (AvgIpc) is 3.73. The van der Waals surface area contributed by atoms with Crippen LogP contribution in [0.4, 0.5) is 15.0 Å². The van der Waals surface area contributed by atoms with E-state index in [9.17, 15) is 4.79 Å². The molecule has 5 aromatic rings. The number of ether oxygens (including phenoxy) is 4. The molecule has 5 heterocycles. The van der Waals surface area contributed by atoms with Crippen LogP contribution in [-0.2, 0) is 24.9 Å². The molecule has 226 valence electrons. The summed E-state index contributed by atoms with van der Waals surface area (Å²) in [5, 5.41) is 13.1. The molecule has 2 aliphatic rings. The normalized spacial score (nSPS) is 15.8. The molecule has 0 saturated heterocycles. The molecular formula is C32H31FN6O5. The average molecular weight is 599 g/mol. The molecule has 2 aromatic carbocycles. The smallest absolute Gasteiger partial charge is 0.416 e. The van der Waals surface area contributed by atoms with Crippen molar-refractivity contribution in [2.24, 2.45) is 7.05 Å². The number of hydrogen-bond donors (Lipinski definition) is 0. The molecule has 3 aromatic heterocycles. The summed E-state index contributed by atoms with van der Waals surface area (Å²) in [7, 11) is 1.81. The first kappa shape index (κ1) is 27.7. The summed E-state index contributed by atoms with van der Waals surface area (Å²) < 4.78 is 43.0. The van der Waals surface area contributed by atoms with Crippen molar-refractivity contribution in [1.29, 1.82) is 0 Å². The van der Waals surface area contributed by atoms with E-state index in [1.165, 1.54) is 17.3 Å². The molecule has 0 spiro atoms. The first-order chi connectivity index (χ1) is 21.2. The predicted octanol–water partition coefficient (Wildman–Crippen LogP) is 5.66. The molecule has 7 rings (SSSR count). The van der Waals surface area contributed by atoms with Gasteiger partial charge in [0.25, 0.3) is 0 Å². The standard InChI is InChI=1S/C32H31FN6O5/c1-32(2,3)44-31(40)38-14-22-23(33)10-11-25-28(22)20(16-41-25)17-42-26-12-21(29-35-34-18-39(29)30(26)38)24-13-27(36-37(24)4)43-15-19-8-6-5-7-9-19/h5-13,18,20H,14-17H2,1-4H3/t20-/m1/s1. The van der Waals surface area contributed by atoms with Crippen molar-refractivity contribution < 1.29 is 28.1 Å². The maximum atomic E-state index is 15.5. The van der Waals surface area contributed by atoms with Gasteiger partial charge in [0.05, 0.1) is 31.4 Å². The van der Waals surface area contributed by atoms with Gasteiger partial charge in [0, 0.05) is 29.8 Å². The molecule has 0 bridgehead atoms. The third kappa shape index (κ3) is 4.95. The van der Waals surface area contributed by atoms with E-state index in [-0.39, 0.29) is 19.1 Å². The molecule has 2 aliphatic heterocycles. The predicted molar refractivity (Wildman–Crippen MR) is 159 cm³/mol. The Morgan fingerprint density at radius 1 is 1.07 bits per heavy atom. The highest BCUT2D eigenvalue weighted by atomic mass is 19.1. The second kappa shape index (κ2) is 10.5. The van der Waals surface area contributed by atoms with Crippen LogP contribution in [0.1, 0.15) is 43.4 Å². The summed E-state index contributed by atoms with van der Waals surface area (Å²) in [5.41, 5.74) is 3.05. The van der Waals surface area contributed by atoms with Gasteiger partial charge in [-0.15, -0.1) is 15.3 Å². The Hall–Kier alpha value is -5.13. The van der Waals surface area contributed by atoms with Gasteiger partial charge in [-0.05, 0) is 44.5 Å². The van der Waals surface area contributed by atoms with Gasteiger partial charge < -0.3 is 18.9 Å². The number of aromatic nitrogens is 5. The van der Waals surface area contributed by atoms with Gasteiger partial charge >= 0.3 is 6.09 Å². The van der Waals surface area contributed by atoms with E-state index in [1.807, 2.05) is 43.4 Å². The molecule has 12 heteroatoms. The number of halogens is 1. The van der Waals surface area contributed by atoms with Crippen LogP contribution >= 0.6 is 0 Å². The Kier molecular flexibility index (Phi) is 6.64. The molecule has 0 N–H and O–H groups in total. The van der Waals surface area contributed by atoms with Gasteiger partial charge in [0.1, 0.15) is 30.1 Å². The zero-order valence-electron chi connectivity index (χ0n) is 24.8. The van der Waals surface area contributed by atoms with Gasteiger partial charge in [-0.3, -0.25) is 14.0 Å². The number of pyridine rings is 1. The number of hydrogen-bond acceptors (Lipinski definition) is 8. The molecule has 0 aliphatic carbocycles. The summed E-state index contributed by atoms with van der Waals surface area (Å²) in [6, 6.07) is 16.4. The van der Waals surface area contributed by atoms with E-state index in [2.05, 4.69) is 15.3 Å². The van der Waals surface area contributed by atoms with Crippen LogP contribution in [0.5, 0.6) is 17.4 Å². The lowest BCUT2D eigenvalue weighted by atomic mass is 9.95. The summed E-state index contributed by atoms with van der Waals surface area (Å²) >= 11 is 0. The maximum Gasteiger partial charge on any atom is 0.416 e. The highest BCUT2D eigenvalue weighted by Gasteiger charge is 2.37. The van der Waals surface area contributed by atoms with Crippen molar-refractivity contribution in [1.82, 2.24) is 24.4 Å². The number of fused-ring (bicyclic) bond motifs is 3. The highest BCUT2D eigenvalue weighted by Crippen LogP contribution is 2.44. The largest absolute Gasteiger partial charge is 0.493 e. The number of carbonyl (C=O) groups is 1. The molecule has 0 radical (unpaired) electrons. The van der Waals surface area contributed by atoms with E-state index in [0.29, 0.717) is 64.4 Å². The number of carbonyl (C=O) groups excluding carboxylic acids is 1. The minimum absolute atomic E-state index is 0.115. The van der Waals surface area contributed by atoms with E-state index < -0.39 is 17.5 Å². The van der Waals surface area contributed by atoms with Crippen molar-refractivity contribution in [3.63, 3.8) is 0 Å². The number of nitrogens with zero attached hydrogens (tertiary/aromatic N) is 6. The molecule has 0 unspecified atom stereocenters. The van der Waals surface area contributed by atoms with E-state index in [4.69, 9.17) is 18.9 Å². The van der Waals surface area contributed by atoms with Crippen LogP contribution in [0.2, 0.25) is 0 Å². The van der Waals surface area contributed by atoms with Crippen molar-refractivity contribution in [2.45, 2.75) is 45.4 Å². The summed E-state index contributed by atoms with van der Waals surface area (Å²) in [5.74, 6) is 1.03. The van der Waals surface area contributed by atoms with Crippen LogP contribution < -0.4 is 19.1 Å². The molecular weight excluding hydrogens is 567 g/mol. The second-order valence-electron chi connectivity index (χ2n) is 11.9. The van der Waals surface area contributed by atoms with Gasteiger partial charge in [-0.1, -0.05) is 30.3 Å². The van der Waals surface area contributed by atoms with Gasteiger partial charge in [-0.25, -0.2) is 9.18 Å². The van der Waals surface area contributed by atoms with Crippen LogP contribution in [0, 0.1) is 5.82 Å². The van der Waals surface area contributed by atoms with Crippen LogP contribution in [0.3, 0.4) is 0 Å². The van der Waals surface area contributed by atoms with Crippen molar-refractivity contribution in [3.8, 4) is 28.6 Å². The minimum atomic E-state index is -0.809. The Morgan fingerprint density at radius 3 is 2.61 bits per heavy atom. The molecule has 1 atom stereocenters. The Bertz CT molecular complexity index is 1880. The van der Waals surface area contributed by atoms with E-state index >= 15 is 4.39 Å². The quantitative estimate of drug-likeness (QED) is 0.261. The van der Waals surface area contributed by atoms with E-state index in [0.717, 1.165) is 5.56 Å². The fourth-order valence-corrected chi connectivity index (χ4v) is 5.65. The fraction of sp³-hybridized carbons (Fsp3) is 0.312. The van der Waals surface area contributed by atoms with Crippen LogP contribution in [0.25, 0.3) is 16.9 Å². The lowest BCUT2D eigenvalue weighted by Gasteiger charge is -2.29. The molecule has 11 nitrogen and oxygen atoms in total. The first-order valence-electron chi connectivity index (χ1n) is 14.3. The Labute approximate surface area is 252 Å². The zero-order valence-corrected chi connectivity index (χ0v) is 24.8. The number of amides is 1. The van der Waals surface area contributed by atoms with Crippen molar-refractivity contribution in [3.05, 3.63) is 83.4 Å². The molecule has 1 amide bonds. The minimum Gasteiger partial charge on any atom is -0.493 e. The highest BCUT2D eigenvalue weighted by molar-refractivity contribution is 5.91. The van der Waals surface area contributed by atoms with E-state index in [1.54, 1.807) is 42.0 Å². The third-order valence-corrected chi connectivity index (χ3v) is 7.61. The maximum absolute atomic E-state index is 15.5. The second-order valence-corrected chi connectivity index (χ2v) is 11.9. The number of rotatable bonds is 4. The number of benzene rings is 2. The van der Waals surface area contributed by atoms with Crippen molar-refractivity contribution in [2.75, 3.05) is 18.1 Å². The number of anilines is 1. The number of aryl methyl sites for hydroxylation is 1. The molecule has 0 saturated carbocycles. The molecule has 0 fully saturated rings. The van der Waals surface area contributed by atoms with Gasteiger partial charge in [0.15, 0.2) is 17.2 Å². The van der Waals surface area contributed by atoms with Crippen LogP contribution in [0.15, 0.2) is 60.9 Å². The van der Waals surface area contributed by atoms with Crippen molar-refractivity contribution >= 4 is 17.6 Å². The monoisotopic (exact) mass is 598 g/mol. The molecule has 44 heavy (non-hydrogen) atoms.